The van der Waals surface area contributed by atoms with Crippen molar-refractivity contribution in [2.75, 3.05) is 12.3 Å². The molecule has 3 aliphatic rings. The third kappa shape index (κ3) is 3.18. The summed E-state index contributed by atoms with van der Waals surface area (Å²) in [7, 11) is 0. The Balaban J connectivity index is 1.38. The van der Waals surface area contributed by atoms with Crippen LogP contribution in [0.4, 0.5) is 19.0 Å². The molecule has 174 valence electrons. The number of imidazole rings is 1. The third-order valence-corrected chi connectivity index (χ3v) is 6.72. The van der Waals surface area contributed by atoms with Crippen molar-refractivity contribution in [3.8, 4) is 0 Å². The van der Waals surface area contributed by atoms with Crippen LogP contribution in [0.3, 0.4) is 0 Å². The highest BCUT2D eigenvalue weighted by Gasteiger charge is 2.57. The monoisotopic (exact) mass is 468 g/mol. The van der Waals surface area contributed by atoms with Crippen LogP contribution in [0.15, 0.2) is 49.1 Å². The summed E-state index contributed by atoms with van der Waals surface area (Å²) in [6, 6.07) is 7.43. The van der Waals surface area contributed by atoms with E-state index in [1.165, 1.54) is 6.07 Å². The molecule has 0 radical (unpaired) electrons. The van der Waals surface area contributed by atoms with Gasteiger partial charge in [0.2, 0.25) is 0 Å². The van der Waals surface area contributed by atoms with E-state index >= 15 is 0 Å². The summed E-state index contributed by atoms with van der Waals surface area (Å²) in [4.78, 5) is 27.9. The van der Waals surface area contributed by atoms with Crippen molar-refractivity contribution in [1.82, 2.24) is 24.3 Å². The van der Waals surface area contributed by atoms with E-state index in [9.17, 15) is 18.0 Å². The summed E-state index contributed by atoms with van der Waals surface area (Å²) in [5.74, 6) is 0.0826. The first kappa shape index (κ1) is 20.8. The maximum absolute atomic E-state index is 13.8. The Labute approximate surface area is 191 Å². The van der Waals surface area contributed by atoms with Crippen molar-refractivity contribution in [3.05, 3.63) is 65.9 Å². The van der Waals surface area contributed by atoms with Crippen molar-refractivity contribution < 1.29 is 22.7 Å². The molecule has 2 bridgehead atoms. The van der Waals surface area contributed by atoms with E-state index < -0.39 is 17.3 Å². The van der Waals surface area contributed by atoms with Gasteiger partial charge in [0.1, 0.15) is 11.3 Å². The van der Waals surface area contributed by atoms with E-state index in [0.717, 1.165) is 12.3 Å². The van der Waals surface area contributed by atoms with Crippen LogP contribution in [0.5, 0.6) is 0 Å². The molecular weight excluding hydrogens is 449 g/mol. The van der Waals surface area contributed by atoms with Gasteiger partial charge in [0.05, 0.1) is 59.6 Å². The van der Waals surface area contributed by atoms with Crippen LogP contribution in [-0.4, -0.2) is 48.4 Å². The number of anilines is 1. The lowest BCUT2D eigenvalue weighted by Crippen LogP contribution is -2.57. The van der Waals surface area contributed by atoms with Gasteiger partial charge in [-0.3, -0.25) is 14.2 Å². The molecule has 0 unspecified atom stereocenters. The largest absolute Gasteiger partial charge is 0.417 e. The van der Waals surface area contributed by atoms with E-state index in [4.69, 9.17) is 10.5 Å². The van der Waals surface area contributed by atoms with Crippen LogP contribution >= 0.6 is 0 Å². The first-order valence-electron chi connectivity index (χ1n) is 10.7. The number of alkyl halides is 3. The van der Waals surface area contributed by atoms with Crippen LogP contribution in [0, 0.1) is 0 Å². The molecule has 4 aromatic rings. The van der Waals surface area contributed by atoms with E-state index in [2.05, 4.69) is 15.0 Å². The summed E-state index contributed by atoms with van der Waals surface area (Å²) in [5.41, 5.74) is 7.39. The number of halogens is 3. The van der Waals surface area contributed by atoms with Gasteiger partial charge in [-0.2, -0.15) is 13.2 Å². The molecule has 1 amide bonds. The zero-order valence-corrected chi connectivity index (χ0v) is 17.8. The number of carbonyl (C=O) groups is 1. The molecule has 2 saturated heterocycles. The molecule has 2 N–H and O–H groups in total. The number of nitrogens with zero attached hydrogens (tertiary/aromatic N) is 5. The minimum atomic E-state index is -4.47. The van der Waals surface area contributed by atoms with Crippen molar-refractivity contribution in [1.29, 1.82) is 0 Å². The molecule has 1 aromatic carbocycles. The molecule has 11 heteroatoms. The zero-order chi connectivity index (χ0) is 23.7. The normalized spacial score (nSPS) is 21.7. The van der Waals surface area contributed by atoms with Gasteiger partial charge in [-0.1, -0.05) is 0 Å². The van der Waals surface area contributed by atoms with E-state index in [1.807, 2.05) is 0 Å². The quantitative estimate of drug-likeness (QED) is 0.493. The fourth-order valence-electron chi connectivity index (χ4n) is 4.86. The van der Waals surface area contributed by atoms with Crippen molar-refractivity contribution in [2.24, 2.45) is 0 Å². The molecule has 3 fully saturated rings. The Morgan fingerprint density at radius 3 is 2.71 bits per heavy atom. The summed E-state index contributed by atoms with van der Waals surface area (Å²) >= 11 is 0. The van der Waals surface area contributed by atoms with Crippen LogP contribution < -0.4 is 5.73 Å². The molecule has 3 aromatic heterocycles. The number of benzene rings is 1. The SMILES string of the molecule is Nc1nc2ccc(C(=O)N(Cc3ccc(C(F)(F)F)cn3)C34COC(C3)C4)cc2n2cncc12. The van der Waals surface area contributed by atoms with Gasteiger partial charge in [-0.15, -0.1) is 0 Å². The number of pyridine rings is 1. The predicted octanol–water partition coefficient (Wildman–Crippen LogP) is 3.45. The molecule has 7 rings (SSSR count). The fourth-order valence-corrected chi connectivity index (χ4v) is 4.86. The number of rotatable bonds is 4. The van der Waals surface area contributed by atoms with Crippen LogP contribution in [0.1, 0.15) is 34.5 Å². The molecule has 1 saturated carbocycles. The van der Waals surface area contributed by atoms with Gasteiger partial charge in [-0.25, -0.2) is 9.97 Å². The second-order valence-corrected chi connectivity index (χ2v) is 8.84. The van der Waals surface area contributed by atoms with E-state index in [-0.39, 0.29) is 18.6 Å². The number of nitrogen functional groups attached to an aromatic ring is 1. The molecule has 8 nitrogen and oxygen atoms in total. The first-order valence-corrected chi connectivity index (χ1v) is 10.7. The first-order chi connectivity index (χ1) is 16.2. The van der Waals surface area contributed by atoms with Crippen molar-refractivity contribution in [2.45, 2.75) is 37.2 Å². The van der Waals surface area contributed by atoms with Crippen LogP contribution in [0.25, 0.3) is 16.6 Å². The number of ether oxygens (including phenoxy) is 1. The number of hydrogen-bond acceptors (Lipinski definition) is 6. The topological polar surface area (TPSA) is 98.6 Å². The van der Waals surface area contributed by atoms with Gasteiger partial charge in [0, 0.05) is 11.8 Å². The molecule has 2 aliphatic heterocycles. The molecule has 5 heterocycles. The second kappa shape index (κ2) is 7.13. The highest BCUT2D eigenvalue weighted by atomic mass is 19.4. The maximum atomic E-state index is 13.8. The van der Waals surface area contributed by atoms with Gasteiger partial charge in [0.25, 0.3) is 5.91 Å². The number of fused-ring (bicyclic) bond motifs is 4. The Bertz CT molecular complexity index is 1420. The van der Waals surface area contributed by atoms with E-state index in [0.29, 0.717) is 53.1 Å². The molecule has 34 heavy (non-hydrogen) atoms. The smallest absolute Gasteiger partial charge is 0.382 e. The molecule has 0 spiro atoms. The summed E-state index contributed by atoms with van der Waals surface area (Å²) in [6.45, 7) is 0.465. The van der Waals surface area contributed by atoms with Crippen LogP contribution in [0.2, 0.25) is 0 Å². The summed E-state index contributed by atoms with van der Waals surface area (Å²) in [6.07, 6.45) is 1.02. The number of carbonyl (C=O) groups excluding carboxylic acids is 1. The molecule has 0 atom stereocenters. The zero-order valence-electron chi connectivity index (χ0n) is 17.8. The Hall–Kier alpha value is -3.73. The Kier molecular flexibility index (Phi) is 4.37. The standard InChI is InChI=1S/C23H19F3N6O2/c24-23(25,26)14-2-3-15(29-8-14)10-32(22-6-16(7-22)34-11-22)21(33)13-1-4-17-18(5-13)31-12-28-9-19(31)20(27)30-17/h1-5,8-9,12,16H,6-7,10-11H2,(H2,27,30). The lowest BCUT2D eigenvalue weighted by atomic mass is 9.76. The maximum Gasteiger partial charge on any atom is 0.417 e. The van der Waals surface area contributed by atoms with Gasteiger partial charge in [-0.05, 0) is 43.2 Å². The van der Waals surface area contributed by atoms with E-state index in [1.54, 1.807) is 40.0 Å². The van der Waals surface area contributed by atoms with Crippen molar-refractivity contribution >= 4 is 28.3 Å². The third-order valence-electron chi connectivity index (χ3n) is 6.72. The predicted molar refractivity (Wildman–Crippen MR) is 116 cm³/mol. The average Bonchev–Trinajstić information content (AvgIpc) is 3.53. The number of aromatic nitrogens is 4. The Morgan fingerprint density at radius 1 is 1.21 bits per heavy atom. The lowest BCUT2D eigenvalue weighted by Gasteiger charge is -2.45. The van der Waals surface area contributed by atoms with Gasteiger partial charge >= 0.3 is 6.18 Å². The average molecular weight is 468 g/mol. The molecule has 1 aliphatic carbocycles. The Morgan fingerprint density at radius 2 is 2.03 bits per heavy atom. The fraction of sp³-hybridized carbons (Fsp3) is 0.304. The summed E-state index contributed by atoms with van der Waals surface area (Å²) in [5, 5.41) is 0. The second-order valence-electron chi connectivity index (χ2n) is 8.84. The van der Waals surface area contributed by atoms with Crippen molar-refractivity contribution in [3.63, 3.8) is 0 Å². The number of nitrogens with two attached hydrogens (primary N) is 1. The number of amides is 1. The van der Waals surface area contributed by atoms with Gasteiger partial charge in [0.15, 0.2) is 0 Å². The lowest BCUT2D eigenvalue weighted by molar-refractivity contribution is -0.137. The number of hydrogen-bond donors (Lipinski definition) is 1. The van der Waals surface area contributed by atoms with Crippen LogP contribution in [-0.2, 0) is 17.5 Å². The van der Waals surface area contributed by atoms with Gasteiger partial charge < -0.3 is 15.4 Å². The highest BCUT2D eigenvalue weighted by Crippen LogP contribution is 2.48. The highest BCUT2D eigenvalue weighted by molar-refractivity contribution is 5.98. The summed E-state index contributed by atoms with van der Waals surface area (Å²) < 4.78 is 46.3. The molecular formula is C23H19F3N6O2. The minimum absolute atomic E-state index is 0.0750. The minimum Gasteiger partial charge on any atom is -0.382 e.